The number of likely N-dealkylation sites (N-methyl/N-ethyl adjacent to an activating group) is 1. The molecule has 1 aliphatic rings. The Hall–Kier alpha value is -3.06. The van der Waals surface area contributed by atoms with Gasteiger partial charge in [0.2, 0.25) is 0 Å². The number of hydrogen-bond donors (Lipinski definition) is 1. The van der Waals surface area contributed by atoms with Crippen molar-refractivity contribution in [2.24, 2.45) is 0 Å². The second-order valence-electron chi connectivity index (χ2n) is 6.29. The van der Waals surface area contributed by atoms with E-state index < -0.39 is 23.9 Å². The van der Waals surface area contributed by atoms with Crippen molar-refractivity contribution < 1.29 is 23.5 Å². The van der Waals surface area contributed by atoms with Crippen molar-refractivity contribution in [1.29, 1.82) is 0 Å². The molecule has 2 aromatic carbocycles. The van der Waals surface area contributed by atoms with Gasteiger partial charge < -0.3 is 14.8 Å². The van der Waals surface area contributed by atoms with Crippen LogP contribution in [0, 0.1) is 5.82 Å². The number of hydrogen-bond acceptors (Lipinski definition) is 4. The van der Waals surface area contributed by atoms with Gasteiger partial charge >= 0.3 is 12.0 Å². The van der Waals surface area contributed by atoms with Crippen LogP contribution in [0.5, 0.6) is 5.75 Å². The Morgan fingerprint density at radius 2 is 2.00 bits per heavy atom. The first-order valence-corrected chi connectivity index (χ1v) is 9.37. The Balaban J connectivity index is 2.05. The molecule has 1 atom stereocenters. The van der Waals surface area contributed by atoms with E-state index >= 15 is 0 Å². The molecule has 0 saturated carbocycles. The van der Waals surface area contributed by atoms with E-state index in [9.17, 15) is 14.0 Å². The van der Waals surface area contributed by atoms with E-state index in [1.807, 2.05) is 0 Å². The number of nitrogens with zero attached hydrogens (tertiary/aromatic N) is 1. The highest BCUT2D eigenvalue weighted by Gasteiger charge is 2.38. The van der Waals surface area contributed by atoms with Crippen molar-refractivity contribution >= 4 is 23.6 Å². The van der Waals surface area contributed by atoms with Crippen molar-refractivity contribution in [3.63, 3.8) is 0 Å². The third-order valence-corrected chi connectivity index (χ3v) is 4.70. The highest BCUT2D eigenvalue weighted by molar-refractivity contribution is 6.30. The number of benzene rings is 2. The van der Waals surface area contributed by atoms with Crippen LogP contribution >= 0.6 is 11.6 Å². The zero-order valence-corrected chi connectivity index (χ0v) is 16.7. The summed E-state index contributed by atoms with van der Waals surface area (Å²) in [5.74, 6) is -0.730. The van der Waals surface area contributed by atoms with Crippen LogP contribution in [0.25, 0.3) is 0 Å². The van der Waals surface area contributed by atoms with Crippen molar-refractivity contribution in [2.45, 2.75) is 13.0 Å². The van der Waals surface area contributed by atoms with E-state index in [1.165, 1.54) is 30.1 Å². The SMILES string of the molecule is CCOC(=O)C1=C(COc2cccc(Cl)c2)N(C)C(=O)N[C@H]1c1ccccc1F. The highest BCUT2D eigenvalue weighted by atomic mass is 35.5. The average Bonchev–Trinajstić information content (AvgIpc) is 2.69. The van der Waals surface area contributed by atoms with Crippen LogP contribution in [-0.2, 0) is 9.53 Å². The number of halogens is 2. The van der Waals surface area contributed by atoms with Crippen LogP contribution in [0.3, 0.4) is 0 Å². The number of nitrogens with one attached hydrogen (secondary N) is 1. The maximum Gasteiger partial charge on any atom is 0.338 e. The summed E-state index contributed by atoms with van der Waals surface area (Å²) in [5.41, 5.74) is 0.554. The van der Waals surface area contributed by atoms with Crippen LogP contribution in [-0.4, -0.2) is 37.2 Å². The van der Waals surface area contributed by atoms with E-state index in [2.05, 4.69) is 5.32 Å². The molecule has 1 heterocycles. The van der Waals surface area contributed by atoms with E-state index in [0.29, 0.717) is 10.8 Å². The second kappa shape index (κ2) is 8.96. The summed E-state index contributed by atoms with van der Waals surface area (Å²) >= 11 is 5.98. The van der Waals surface area contributed by atoms with Crippen LogP contribution < -0.4 is 10.1 Å². The summed E-state index contributed by atoms with van der Waals surface area (Å²) in [6, 6.07) is 11.2. The minimum absolute atomic E-state index is 0.108. The molecule has 152 valence electrons. The lowest BCUT2D eigenvalue weighted by Crippen LogP contribution is -2.48. The molecule has 1 N–H and O–H groups in total. The van der Waals surface area contributed by atoms with Crippen molar-refractivity contribution in [3.05, 3.63) is 76.2 Å². The van der Waals surface area contributed by atoms with Crippen molar-refractivity contribution in [1.82, 2.24) is 10.2 Å². The third kappa shape index (κ3) is 4.51. The van der Waals surface area contributed by atoms with Gasteiger partial charge in [-0.15, -0.1) is 0 Å². The Kier molecular flexibility index (Phi) is 6.39. The lowest BCUT2D eigenvalue weighted by Gasteiger charge is -2.34. The van der Waals surface area contributed by atoms with E-state index in [4.69, 9.17) is 21.1 Å². The Morgan fingerprint density at radius 3 is 2.69 bits per heavy atom. The first-order chi connectivity index (χ1) is 13.9. The molecule has 0 aromatic heterocycles. The lowest BCUT2D eigenvalue weighted by atomic mass is 9.94. The fraction of sp³-hybridized carbons (Fsp3) is 0.238. The number of carbonyl (C=O) groups excluding carboxylic acids is 2. The zero-order valence-electron chi connectivity index (χ0n) is 15.9. The Morgan fingerprint density at radius 1 is 1.24 bits per heavy atom. The summed E-state index contributed by atoms with van der Waals surface area (Å²) in [4.78, 5) is 26.5. The van der Waals surface area contributed by atoms with Gasteiger partial charge in [-0.1, -0.05) is 35.9 Å². The molecular formula is C21H20ClFN2O4. The number of amides is 2. The molecule has 29 heavy (non-hydrogen) atoms. The molecule has 1 aliphatic heterocycles. The van der Waals surface area contributed by atoms with Gasteiger partial charge in [-0.25, -0.2) is 14.0 Å². The molecule has 0 radical (unpaired) electrons. The molecule has 0 aliphatic carbocycles. The summed E-state index contributed by atoms with van der Waals surface area (Å²) in [6.45, 7) is 1.69. The largest absolute Gasteiger partial charge is 0.487 e. The van der Waals surface area contributed by atoms with Crippen molar-refractivity contribution in [3.8, 4) is 5.75 Å². The van der Waals surface area contributed by atoms with Crippen LogP contribution in [0.4, 0.5) is 9.18 Å². The number of carbonyl (C=O) groups is 2. The standard InChI is InChI=1S/C21H20ClFN2O4/c1-3-28-20(26)18-17(12-29-14-8-6-7-13(22)11-14)25(2)21(27)24-19(18)15-9-4-5-10-16(15)23/h4-11,19H,3,12H2,1-2H3,(H,24,27)/t19-/m0/s1. The predicted octanol–water partition coefficient (Wildman–Crippen LogP) is 4.07. The first-order valence-electron chi connectivity index (χ1n) is 8.99. The maximum absolute atomic E-state index is 14.5. The molecule has 0 fully saturated rings. The van der Waals surface area contributed by atoms with Gasteiger partial charge in [0.15, 0.2) is 0 Å². The lowest BCUT2D eigenvalue weighted by molar-refractivity contribution is -0.139. The van der Waals surface area contributed by atoms with Gasteiger partial charge in [0, 0.05) is 17.6 Å². The van der Waals surface area contributed by atoms with E-state index in [1.54, 1.807) is 37.3 Å². The smallest absolute Gasteiger partial charge is 0.338 e. The van der Waals surface area contributed by atoms with Crippen LogP contribution in [0.15, 0.2) is 59.8 Å². The van der Waals surface area contributed by atoms with Gasteiger partial charge in [0.05, 0.1) is 23.9 Å². The molecule has 2 aromatic rings. The topological polar surface area (TPSA) is 67.9 Å². The van der Waals surface area contributed by atoms with Crippen LogP contribution in [0.2, 0.25) is 5.02 Å². The van der Waals surface area contributed by atoms with Gasteiger partial charge in [-0.05, 0) is 31.2 Å². The summed E-state index contributed by atoms with van der Waals surface area (Å²) in [6.07, 6.45) is 0. The number of esters is 1. The maximum atomic E-state index is 14.5. The van der Waals surface area contributed by atoms with Gasteiger partial charge in [-0.2, -0.15) is 0 Å². The minimum atomic E-state index is -1.00. The summed E-state index contributed by atoms with van der Waals surface area (Å²) < 4.78 is 25.4. The number of ether oxygens (including phenoxy) is 2. The Labute approximate surface area is 172 Å². The Bertz CT molecular complexity index is 963. The van der Waals surface area contributed by atoms with Crippen LogP contribution in [0.1, 0.15) is 18.5 Å². The van der Waals surface area contributed by atoms with Gasteiger partial charge in [0.25, 0.3) is 0 Å². The van der Waals surface area contributed by atoms with Gasteiger partial charge in [-0.3, -0.25) is 4.90 Å². The molecule has 6 nitrogen and oxygen atoms in total. The third-order valence-electron chi connectivity index (χ3n) is 4.46. The van der Waals surface area contributed by atoms with Gasteiger partial charge in [0.1, 0.15) is 18.2 Å². The minimum Gasteiger partial charge on any atom is -0.487 e. The number of urea groups is 1. The normalized spacial score (nSPS) is 16.5. The molecule has 0 spiro atoms. The zero-order chi connectivity index (χ0) is 21.0. The number of rotatable bonds is 6. The predicted molar refractivity (Wildman–Crippen MR) is 106 cm³/mol. The molecular weight excluding hydrogens is 399 g/mol. The molecule has 2 amide bonds. The molecule has 0 saturated heterocycles. The van der Waals surface area contributed by atoms with Crippen molar-refractivity contribution in [2.75, 3.05) is 20.3 Å². The average molecular weight is 419 g/mol. The molecule has 3 rings (SSSR count). The fourth-order valence-corrected chi connectivity index (χ4v) is 3.21. The van der Waals surface area contributed by atoms with E-state index in [0.717, 1.165) is 0 Å². The van der Waals surface area contributed by atoms with E-state index in [-0.39, 0.29) is 30.0 Å². The molecule has 0 unspecified atom stereocenters. The summed E-state index contributed by atoms with van der Waals surface area (Å²) in [7, 11) is 1.50. The second-order valence-corrected chi connectivity index (χ2v) is 6.73. The molecule has 8 heteroatoms. The summed E-state index contributed by atoms with van der Waals surface area (Å²) in [5, 5.41) is 3.15. The quantitative estimate of drug-likeness (QED) is 0.718. The highest BCUT2D eigenvalue weighted by Crippen LogP contribution is 2.32. The fourth-order valence-electron chi connectivity index (χ4n) is 3.03. The first kappa shape index (κ1) is 20.7. The molecule has 0 bridgehead atoms. The monoisotopic (exact) mass is 418 g/mol.